The number of benzene rings is 9. The zero-order valence-corrected chi connectivity index (χ0v) is 30.9. The molecule has 0 N–H and O–H groups in total. The van der Waals surface area contributed by atoms with Crippen LogP contribution in [0.3, 0.4) is 0 Å². The van der Waals surface area contributed by atoms with Crippen molar-refractivity contribution in [2.24, 2.45) is 0 Å². The first kappa shape index (κ1) is 31.8. The van der Waals surface area contributed by atoms with E-state index in [0.717, 1.165) is 11.4 Å². The summed E-state index contributed by atoms with van der Waals surface area (Å²) in [6.45, 7) is 0. The second-order valence-electron chi connectivity index (χ2n) is 14.4. The summed E-state index contributed by atoms with van der Waals surface area (Å²) in [5, 5.41) is 6.23. The number of nitrogens with zero attached hydrogens (tertiary/aromatic N) is 1. The summed E-state index contributed by atoms with van der Waals surface area (Å²) in [5.74, 6) is 0. The highest BCUT2D eigenvalue weighted by Gasteiger charge is 2.45. The van der Waals surface area contributed by atoms with Crippen LogP contribution in [0.15, 0.2) is 212 Å². The molecule has 0 radical (unpaired) electrons. The first-order chi connectivity index (χ1) is 27.3. The van der Waals surface area contributed by atoms with Crippen molar-refractivity contribution in [3.63, 3.8) is 0 Å². The minimum absolute atomic E-state index is 0.458. The van der Waals surface area contributed by atoms with Crippen molar-refractivity contribution in [3.05, 3.63) is 235 Å². The maximum Gasteiger partial charge on any atom is 0.0726 e. The molecule has 0 spiro atoms. The molecule has 0 unspecified atom stereocenters. The highest BCUT2D eigenvalue weighted by Crippen LogP contribution is 2.57. The van der Waals surface area contributed by atoms with Crippen LogP contribution in [0.4, 0.5) is 17.1 Å². The second kappa shape index (κ2) is 12.7. The third-order valence-electron chi connectivity index (χ3n) is 11.6. The predicted molar refractivity (Wildman–Crippen MR) is 234 cm³/mol. The fourth-order valence-electron chi connectivity index (χ4n) is 9.22. The van der Waals surface area contributed by atoms with Crippen LogP contribution < -0.4 is 4.90 Å². The Bertz CT molecular complexity index is 2990. The minimum atomic E-state index is -0.458. The van der Waals surface area contributed by atoms with Gasteiger partial charge in [0.15, 0.2) is 0 Å². The molecule has 0 fully saturated rings. The molecule has 0 saturated heterocycles. The molecular formula is C53H35NS. The zero-order valence-electron chi connectivity index (χ0n) is 30.1. The Hall–Kier alpha value is -6.74. The summed E-state index contributed by atoms with van der Waals surface area (Å²) >= 11 is 1.87. The van der Waals surface area contributed by atoms with Crippen LogP contribution in [0.25, 0.3) is 53.2 Å². The van der Waals surface area contributed by atoms with Gasteiger partial charge in [-0.05, 0) is 79.4 Å². The Morgan fingerprint density at radius 3 is 1.71 bits per heavy atom. The van der Waals surface area contributed by atoms with Crippen LogP contribution in [0.2, 0.25) is 0 Å². The molecule has 55 heavy (non-hydrogen) atoms. The third-order valence-corrected chi connectivity index (χ3v) is 12.8. The van der Waals surface area contributed by atoms with E-state index in [2.05, 4.69) is 217 Å². The number of fused-ring (bicyclic) bond motifs is 7. The number of hydrogen-bond donors (Lipinski definition) is 0. The van der Waals surface area contributed by atoms with Gasteiger partial charge in [-0.2, -0.15) is 0 Å². The maximum atomic E-state index is 2.52. The van der Waals surface area contributed by atoms with E-state index in [1.54, 1.807) is 0 Å². The van der Waals surface area contributed by atoms with Crippen molar-refractivity contribution in [1.29, 1.82) is 0 Å². The molecule has 1 aromatic heterocycles. The van der Waals surface area contributed by atoms with E-state index >= 15 is 0 Å². The monoisotopic (exact) mass is 717 g/mol. The lowest BCUT2D eigenvalue weighted by molar-refractivity contribution is 0.768. The molecule has 0 amide bonds. The first-order valence-corrected chi connectivity index (χ1v) is 19.8. The van der Waals surface area contributed by atoms with E-state index in [9.17, 15) is 0 Å². The number of rotatable bonds is 6. The van der Waals surface area contributed by atoms with Gasteiger partial charge < -0.3 is 4.90 Å². The van der Waals surface area contributed by atoms with E-state index in [1.165, 1.54) is 81.1 Å². The van der Waals surface area contributed by atoms with E-state index < -0.39 is 5.41 Å². The van der Waals surface area contributed by atoms with Gasteiger partial charge in [-0.1, -0.05) is 188 Å². The lowest BCUT2D eigenvalue weighted by Crippen LogP contribution is -2.28. The van der Waals surface area contributed by atoms with Crippen LogP contribution in [0, 0.1) is 0 Å². The second-order valence-corrected chi connectivity index (χ2v) is 15.4. The van der Waals surface area contributed by atoms with Gasteiger partial charge >= 0.3 is 0 Å². The van der Waals surface area contributed by atoms with Gasteiger partial charge in [0.1, 0.15) is 0 Å². The Morgan fingerprint density at radius 2 is 0.964 bits per heavy atom. The van der Waals surface area contributed by atoms with E-state index in [-0.39, 0.29) is 0 Å². The van der Waals surface area contributed by atoms with Crippen LogP contribution in [-0.2, 0) is 5.41 Å². The molecule has 11 rings (SSSR count). The number of anilines is 3. The molecule has 9 aromatic carbocycles. The summed E-state index contributed by atoms with van der Waals surface area (Å²) in [4.78, 5) is 3.77. The number of thiophene rings is 1. The molecule has 0 saturated carbocycles. The third kappa shape index (κ3) is 4.78. The molecule has 1 heterocycles. The largest absolute Gasteiger partial charge is 0.308 e. The molecule has 0 bridgehead atoms. The Morgan fingerprint density at radius 1 is 0.382 bits per heavy atom. The molecular weight excluding hydrogens is 683 g/mol. The van der Waals surface area contributed by atoms with Crippen molar-refractivity contribution in [2.75, 3.05) is 4.90 Å². The molecule has 1 aliphatic carbocycles. The summed E-state index contributed by atoms with van der Waals surface area (Å²) < 4.78 is 1.27. The fourth-order valence-corrected chi connectivity index (χ4v) is 10.4. The van der Waals surface area contributed by atoms with Gasteiger partial charge in [-0.3, -0.25) is 0 Å². The smallest absolute Gasteiger partial charge is 0.0726 e. The van der Waals surface area contributed by atoms with Gasteiger partial charge in [-0.15, -0.1) is 11.3 Å². The van der Waals surface area contributed by atoms with E-state index in [4.69, 9.17) is 0 Å². The SMILES string of the molecule is c1ccc(-c2sc3ccccc3c2N(c2ccc(C3(c4ccccc4)c4ccccc4-c4ccccc43)cc2)c2cccc3c2ccc2ccccc23)cc1. The zero-order chi connectivity index (χ0) is 36.3. The molecule has 1 aliphatic rings. The van der Waals surface area contributed by atoms with Crippen molar-refractivity contribution in [3.8, 4) is 21.6 Å². The normalized spacial score (nSPS) is 12.9. The average molecular weight is 718 g/mol. The Kier molecular flexibility index (Phi) is 7.33. The molecule has 258 valence electrons. The highest BCUT2D eigenvalue weighted by molar-refractivity contribution is 7.23. The van der Waals surface area contributed by atoms with Gasteiger partial charge in [0.2, 0.25) is 0 Å². The minimum Gasteiger partial charge on any atom is -0.308 e. The van der Waals surface area contributed by atoms with E-state index in [0.29, 0.717) is 0 Å². The van der Waals surface area contributed by atoms with Crippen LogP contribution in [0.1, 0.15) is 22.3 Å². The average Bonchev–Trinajstić information content (AvgIpc) is 3.79. The van der Waals surface area contributed by atoms with Gasteiger partial charge in [0.25, 0.3) is 0 Å². The summed E-state index contributed by atoms with van der Waals surface area (Å²) in [7, 11) is 0. The molecule has 0 atom stereocenters. The van der Waals surface area contributed by atoms with Crippen LogP contribution in [0.5, 0.6) is 0 Å². The molecule has 10 aromatic rings. The van der Waals surface area contributed by atoms with Crippen molar-refractivity contribution >= 4 is 60.0 Å². The topological polar surface area (TPSA) is 3.24 Å². The quantitative estimate of drug-likeness (QED) is 0.155. The van der Waals surface area contributed by atoms with Crippen molar-refractivity contribution < 1.29 is 0 Å². The summed E-state index contributed by atoms with van der Waals surface area (Å²) in [6, 6.07) is 78.3. The standard InChI is InChI=1S/C53H35NS/c1-3-17-37(18-4-1)52-51(46-24-11-14-29-50(46)55-52)54(49-28-15-25-42-41-21-8-7-16-36(41)30-35-45(42)49)40-33-31-39(32-34-40)53(38-19-5-2-6-20-38)47-26-12-9-22-43(47)44-23-10-13-27-48(44)53/h1-35H. The van der Waals surface area contributed by atoms with Gasteiger partial charge in [-0.25, -0.2) is 0 Å². The fraction of sp³-hybridized carbons (Fsp3) is 0.0189. The summed E-state index contributed by atoms with van der Waals surface area (Å²) in [6.07, 6.45) is 0. The molecule has 2 heteroatoms. The van der Waals surface area contributed by atoms with Crippen molar-refractivity contribution in [1.82, 2.24) is 0 Å². The number of hydrogen-bond acceptors (Lipinski definition) is 2. The molecule has 0 aliphatic heterocycles. The molecule has 1 nitrogen and oxygen atoms in total. The maximum absolute atomic E-state index is 2.52. The van der Waals surface area contributed by atoms with Gasteiger partial charge in [0.05, 0.1) is 21.7 Å². The highest BCUT2D eigenvalue weighted by atomic mass is 32.1. The predicted octanol–water partition coefficient (Wildman–Crippen LogP) is 14.7. The summed E-state index contributed by atoms with van der Waals surface area (Å²) in [5.41, 5.74) is 12.0. The Balaban J connectivity index is 1.19. The van der Waals surface area contributed by atoms with Gasteiger partial charge in [0, 0.05) is 21.2 Å². The van der Waals surface area contributed by atoms with Crippen molar-refractivity contribution in [2.45, 2.75) is 5.41 Å². The van der Waals surface area contributed by atoms with Crippen LogP contribution in [-0.4, -0.2) is 0 Å². The van der Waals surface area contributed by atoms with E-state index in [1.807, 2.05) is 11.3 Å². The Labute approximate surface area is 325 Å². The lowest BCUT2D eigenvalue weighted by atomic mass is 9.68. The first-order valence-electron chi connectivity index (χ1n) is 18.9. The lowest BCUT2D eigenvalue weighted by Gasteiger charge is -2.34. The van der Waals surface area contributed by atoms with Crippen LogP contribution >= 0.6 is 11.3 Å².